The highest BCUT2D eigenvalue weighted by Gasteiger charge is 2.48. The van der Waals surface area contributed by atoms with Gasteiger partial charge in [-0.25, -0.2) is 0 Å². The zero-order valence-electron chi connectivity index (χ0n) is 28.9. The van der Waals surface area contributed by atoms with Crippen LogP contribution in [0.2, 0.25) is 0 Å². The first-order valence-corrected chi connectivity index (χ1v) is 19.1. The van der Waals surface area contributed by atoms with Crippen molar-refractivity contribution < 1.29 is 0 Å². The van der Waals surface area contributed by atoms with Gasteiger partial charge in [0, 0.05) is 26.6 Å². The Morgan fingerprint density at radius 3 is 1.77 bits per heavy atom. The summed E-state index contributed by atoms with van der Waals surface area (Å²) >= 11 is 1.89. The van der Waals surface area contributed by atoms with Crippen LogP contribution in [0.5, 0.6) is 0 Å². The van der Waals surface area contributed by atoms with Gasteiger partial charge in [0.1, 0.15) is 0 Å². The molecule has 0 amide bonds. The van der Waals surface area contributed by atoms with Crippen LogP contribution in [0.1, 0.15) is 22.3 Å². The Kier molecular flexibility index (Phi) is 6.77. The third-order valence-corrected chi connectivity index (χ3v) is 12.4. The number of anilines is 3. The largest absolute Gasteiger partial charge is 0.310 e. The van der Waals surface area contributed by atoms with Crippen molar-refractivity contribution >= 4 is 50.4 Å². The Balaban J connectivity index is 1.18. The molecule has 248 valence electrons. The van der Waals surface area contributed by atoms with E-state index in [9.17, 15) is 0 Å². The molecule has 0 saturated carbocycles. The molecule has 0 bridgehead atoms. The van der Waals surface area contributed by atoms with Gasteiger partial charge >= 0.3 is 0 Å². The number of benzene rings is 9. The average Bonchev–Trinajstić information content (AvgIpc) is 3.23. The van der Waals surface area contributed by atoms with Crippen molar-refractivity contribution in [3.63, 3.8) is 0 Å². The van der Waals surface area contributed by atoms with E-state index >= 15 is 0 Å². The van der Waals surface area contributed by atoms with Crippen molar-refractivity contribution in [1.82, 2.24) is 0 Å². The Morgan fingerprint density at radius 2 is 1.00 bits per heavy atom. The number of fused-ring (bicyclic) bond motifs is 9. The van der Waals surface area contributed by atoms with E-state index in [4.69, 9.17) is 0 Å². The number of para-hydroxylation sites is 1. The SMILES string of the molecule is c1ccc(-c2ccc3cc(N(c4ccccc4)c4ccc5c6c(cccc46)C4(c6ccccc6Sc6ccccc64)c4ccccc4-5)ccc3c2)cc1. The fraction of sp³-hybridized carbons (Fsp3) is 0.0196. The maximum Gasteiger partial charge on any atom is 0.0735 e. The lowest BCUT2D eigenvalue weighted by Gasteiger charge is -2.46. The predicted molar refractivity (Wildman–Crippen MR) is 223 cm³/mol. The number of hydrogen-bond donors (Lipinski definition) is 0. The van der Waals surface area contributed by atoms with Gasteiger partial charge in [-0.2, -0.15) is 0 Å². The number of rotatable bonds is 4. The van der Waals surface area contributed by atoms with Crippen LogP contribution in [0.25, 0.3) is 43.8 Å². The topological polar surface area (TPSA) is 3.24 Å². The summed E-state index contributed by atoms with van der Waals surface area (Å²) in [6, 6.07) is 74.1. The molecule has 1 aliphatic carbocycles. The molecule has 1 aliphatic heterocycles. The van der Waals surface area contributed by atoms with Crippen molar-refractivity contribution in [2.24, 2.45) is 0 Å². The van der Waals surface area contributed by atoms with Crippen LogP contribution in [0.3, 0.4) is 0 Å². The quantitative estimate of drug-likeness (QED) is 0.181. The zero-order valence-corrected chi connectivity index (χ0v) is 29.7. The van der Waals surface area contributed by atoms with Crippen LogP contribution in [-0.2, 0) is 5.41 Å². The van der Waals surface area contributed by atoms with Gasteiger partial charge in [-0.05, 0) is 109 Å². The molecule has 9 aromatic rings. The molecule has 53 heavy (non-hydrogen) atoms. The van der Waals surface area contributed by atoms with Crippen LogP contribution in [0.4, 0.5) is 17.1 Å². The van der Waals surface area contributed by atoms with Gasteiger partial charge in [0.05, 0.1) is 11.1 Å². The summed E-state index contributed by atoms with van der Waals surface area (Å²) in [7, 11) is 0. The molecule has 0 radical (unpaired) electrons. The molecule has 11 rings (SSSR count). The van der Waals surface area contributed by atoms with E-state index in [2.05, 4.69) is 205 Å². The second-order valence-corrected chi connectivity index (χ2v) is 15.1. The standard InChI is InChI=1S/C51H33NS/c1-3-14-34(15-4-1)35-26-27-37-33-39(29-28-36(37)32-35)52(38-16-5-2-6-17-38)47-31-30-41-40-18-7-8-20-43(40)51(46-23-13-19-42(47)50(41)46)44-21-9-11-24-48(44)53-49-25-12-10-22-45(49)51/h1-33H. The van der Waals surface area contributed by atoms with Crippen molar-refractivity contribution in [3.8, 4) is 22.3 Å². The fourth-order valence-corrected chi connectivity index (χ4v) is 10.3. The molecule has 0 saturated heterocycles. The molecule has 2 heteroatoms. The first kappa shape index (κ1) is 30.3. The molecule has 0 N–H and O–H groups in total. The molecule has 0 unspecified atom stereocenters. The van der Waals surface area contributed by atoms with E-state index in [1.165, 1.54) is 81.5 Å². The van der Waals surface area contributed by atoms with E-state index in [0.717, 1.165) is 11.4 Å². The van der Waals surface area contributed by atoms with Gasteiger partial charge in [0.15, 0.2) is 0 Å². The van der Waals surface area contributed by atoms with Gasteiger partial charge in [-0.15, -0.1) is 0 Å². The predicted octanol–water partition coefficient (Wildman–Crippen LogP) is 14.0. The molecule has 0 aromatic heterocycles. The van der Waals surface area contributed by atoms with E-state index in [1.807, 2.05) is 11.8 Å². The minimum atomic E-state index is -0.461. The first-order chi connectivity index (χ1) is 26.3. The highest BCUT2D eigenvalue weighted by molar-refractivity contribution is 7.99. The van der Waals surface area contributed by atoms with Crippen molar-refractivity contribution in [2.45, 2.75) is 15.2 Å². The molecule has 0 fully saturated rings. The molecular weight excluding hydrogens is 659 g/mol. The van der Waals surface area contributed by atoms with Crippen molar-refractivity contribution in [3.05, 3.63) is 222 Å². The maximum absolute atomic E-state index is 2.44. The highest BCUT2D eigenvalue weighted by Crippen LogP contribution is 2.62. The molecule has 1 nitrogen and oxygen atoms in total. The van der Waals surface area contributed by atoms with E-state index in [0.29, 0.717) is 0 Å². The lowest BCUT2D eigenvalue weighted by Crippen LogP contribution is -2.36. The number of hydrogen-bond acceptors (Lipinski definition) is 2. The third kappa shape index (κ3) is 4.46. The summed E-state index contributed by atoms with van der Waals surface area (Å²) in [4.78, 5) is 5.07. The van der Waals surface area contributed by atoms with Crippen molar-refractivity contribution in [1.29, 1.82) is 0 Å². The Bertz CT molecular complexity index is 2830. The van der Waals surface area contributed by atoms with Crippen LogP contribution in [0, 0.1) is 0 Å². The fourth-order valence-electron chi connectivity index (χ4n) is 9.07. The van der Waals surface area contributed by atoms with Crippen LogP contribution in [-0.4, -0.2) is 0 Å². The van der Waals surface area contributed by atoms with Gasteiger partial charge in [-0.3, -0.25) is 0 Å². The minimum Gasteiger partial charge on any atom is -0.310 e. The Labute approximate surface area is 313 Å². The van der Waals surface area contributed by atoms with E-state index in [-0.39, 0.29) is 0 Å². The van der Waals surface area contributed by atoms with Crippen molar-refractivity contribution in [2.75, 3.05) is 4.90 Å². The molecule has 0 atom stereocenters. The molecule has 9 aromatic carbocycles. The van der Waals surface area contributed by atoms with E-state index in [1.54, 1.807) is 0 Å². The summed E-state index contributed by atoms with van der Waals surface area (Å²) in [6.45, 7) is 0. The maximum atomic E-state index is 2.44. The second kappa shape index (κ2) is 11.8. The van der Waals surface area contributed by atoms with Gasteiger partial charge in [0.2, 0.25) is 0 Å². The Hall–Kier alpha value is -6.35. The normalized spacial score (nSPS) is 13.4. The minimum absolute atomic E-state index is 0.461. The second-order valence-electron chi connectivity index (χ2n) is 14.0. The van der Waals surface area contributed by atoms with Crippen LogP contribution >= 0.6 is 11.8 Å². The lowest BCUT2D eigenvalue weighted by molar-refractivity contribution is 0.707. The molecular formula is C51H33NS. The highest BCUT2D eigenvalue weighted by atomic mass is 32.2. The summed E-state index contributed by atoms with van der Waals surface area (Å²) in [6.07, 6.45) is 0. The summed E-state index contributed by atoms with van der Waals surface area (Å²) in [5, 5.41) is 5.00. The Morgan fingerprint density at radius 1 is 0.377 bits per heavy atom. The molecule has 2 aliphatic rings. The monoisotopic (exact) mass is 691 g/mol. The lowest BCUT2D eigenvalue weighted by atomic mass is 9.59. The number of nitrogens with zero attached hydrogens (tertiary/aromatic N) is 1. The summed E-state index contributed by atoms with van der Waals surface area (Å²) < 4.78 is 0. The van der Waals surface area contributed by atoms with Gasteiger partial charge < -0.3 is 4.90 Å². The summed E-state index contributed by atoms with van der Waals surface area (Å²) in [5.41, 5.74) is 13.4. The van der Waals surface area contributed by atoms with Crippen LogP contribution < -0.4 is 4.90 Å². The first-order valence-electron chi connectivity index (χ1n) is 18.3. The van der Waals surface area contributed by atoms with E-state index < -0.39 is 5.41 Å². The van der Waals surface area contributed by atoms with Gasteiger partial charge in [-0.1, -0.05) is 163 Å². The summed E-state index contributed by atoms with van der Waals surface area (Å²) in [5.74, 6) is 0. The third-order valence-electron chi connectivity index (χ3n) is 11.3. The average molecular weight is 692 g/mol. The van der Waals surface area contributed by atoms with Gasteiger partial charge in [0.25, 0.3) is 0 Å². The molecule has 1 spiro atoms. The smallest absolute Gasteiger partial charge is 0.0735 e. The van der Waals surface area contributed by atoms with Crippen LogP contribution in [0.15, 0.2) is 210 Å². The molecule has 1 heterocycles. The zero-order chi connectivity index (χ0) is 34.9.